The predicted molar refractivity (Wildman–Crippen MR) is 75.6 cm³/mol. The van der Waals surface area contributed by atoms with Crippen molar-refractivity contribution in [3.63, 3.8) is 0 Å². The van der Waals surface area contributed by atoms with Crippen LogP contribution in [-0.4, -0.2) is 26.9 Å². The highest BCUT2D eigenvalue weighted by atomic mass is 32.3. The topological polar surface area (TPSA) is 80.3 Å². The molecule has 1 rings (SSSR count). The van der Waals surface area contributed by atoms with Crippen LogP contribution in [0, 0.1) is 0 Å². The van der Waals surface area contributed by atoms with Gasteiger partial charge in [0.15, 0.2) is 0 Å². The lowest BCUT2D eigenvalue weighted by Gasteiger charge is -2.17. The standard InChI is InChI=1S/C8H6F5NO4S3.C2H6/c9-7(10,11)20(15,16)14-21(17,18)8(12,13)19-6-4-2-1-3-5-6;1-2/h1-5,14H;1-2H3. The van der Waals surface area contributed by atoms with Gasteiger partial charge in [-0.2, -0.15) is 22.0 Å². The minimum atomic E-state index is -6.46. The Hall–Kier alpha value is -0.920. The van der Waals surface area contributed by atoms with Gasteiger partial charge in [0.2, 0.25) is 0 Å². The molecule has 0 aliphatic heterocycles. The summed E-state index contributed by atoms with van der Waals surface area (Å²) in [6.07, 6.45) is 0. The quantitative estimate of drug-likeness (QED) is 0.606. The summed E-state index contributed by atoms with van der Waals surface area (Å²) in [6, 6.07) is 6.15. The summed E-state index contributed by atoms with van der Waals surface area (Å²) < 4.78 is 102. The molecule has 5 nitrogen and oxygen atoms in total. The molecule has 0 unspecified atom stereocenters. The third-order valence-electron chi connectivity index (χ3n) is 1.82. The molecular weight excluding hydrogens is 389 g/mol. The van der Waals surface area contributed by atoms with E-state index in [9.17, 15) is 38.8 Å². The Morgan fingerprint density at radius 2 is 1.30 bits per heavy atom. The van der Waals surface area contributed by atoms with Gasteiger partial charge in [-0.1, -0.05) is 36.2 Å². The highest BCUT2D eigenvalue weighted by Crippen LogP contribution is 2.40. The monoisotopic (exact) mass is 401 g/mol. The van der Waals surface area contributed by atoms with Crippen LogP contribution in [0.25, 0.3) is 0 Å². The first-order valence-corrected chi connectivity index (χ1v) is 9.53. The number of hydrogen-bond donors (Lipinski definition) is 1. The van der Waals surface area contributed by atoms with E-state index in [2.05, 4.69) is 0 Å². The molecule has 0 spiro atoms. The van der Waals surface area contributed by atoms with Crippen molar-refractivity contribution in [1.82, 2.24) is 4.13 Å². The van der Waals surface area contributed by atoms with Crippen LogP contribution >= 0.6 is 11.8 Å². The molecule has 0 fully saturated rings. The Labute approximate surface area is 134 Å². The first-order chi connectivity index (χ1) is 10.3. The van der Waals surface area contributed by atoms with Gasteiger partial charge in [0.25, 0.3) is 0 Å². The second kappa shape index (κ2) is 7.77. The lowest BCUT2D eigenvalue weighted by molar-refractivity contribution is -0.0441. The largest absolute Gasteiger partial charge is 0.512 e. The second-order valence-corrected chi connectivity index (χ2v) is 8.52. The van der Waals surface area contributed by atoms with E-state index in [1.165, 1.54) is 18.2 Å². The molecule has 0 amide bonds. The van der Waals surface area contributed by atoms with E-state index in [-0.39, 0.29) is 9.02 Å². The third-order valence-corrected chi connectivity index (χ3v) is 6.46. The zero-order valence-corrected chi connectivity index (χ0v) is 14.1. The Balaban J connectivity index is 0.00000232. The molecular formula is C10H12F5NO4S3. The van der Waals surface area contributed by atoms with Crippen molar-refractivity contribution in [1.29, 1.82) is 0 Å². The highest BCUT2D eigenvalue weighted by Gasteiger charge is 2.55. The molecule has 134 valence electrons. The van der Waals surface area contributed by atoms with Crippen molar-refractivity contribution in [2.45, 2.75) is 28.8 Å². The molecule has 0 heterocycles. The average molecular weight is 401 g/mol. The fraction of sp³-hybridized carbons (Fsp3) is 0.400. The van der Waals surface area contributed by atoms with Gasteiger partial charge in [-0.15, -0.1) is 0 Å². The molecule has 0 atom stereocenters. The van der Waals surface area contributed by atoms with Gasteiger partial charge < -0.3 is 0 Å². The molecule has 1 aromatic carbocycles. The molecule has 0 saturated carbocycles. The number of rotatable bonds is 5. The number of thioether (sulfide) groups is 1. The van der Waals surface area contributed by atoms with Gasteiger partial charge in [-0.05, 0) is 23.9 Å². The molecule has 0 bridgehead atoms. The van der Waals surface area contributed by atoms with Gasteiger partial charge in [0.05, 0.1) is 0 Å². The molecule has 1 aromatic rings. The van der Waals surface area contributed by atoms with Crippen molar-refractivity contribution in [2.75, 3.05) is 0 Å². The van der Waals surface area contributed by atoms with Gasteiger partial charge in [0.1, 0.15) is 0 Å². The lowest BCUT2D eigenvalue weighted by Crippen LogP contribution is -2.46. The van der Waals surface area contributed by atoms with E-state index in [1.54, 1.807) is 0 Å². The van der Waals surface area contributed by atoms with Crippen LogP contribution < -0.4 is 4.13 Å². The first-order valence-electron chi connectivity index (χ1n) is 5.75. The zero-order valence-electron chi connectivity index (χ0n) is 11.6. The van der Waals surface area contributed by atoms with Gasteiger partial charge in [0, 0.05) is 4.90 Å². The molecule has 0 aromatic heterocycles. The van der Waals surface area contributed by atoms with E-state index >= 15 is 0 Å². The van der Waals surface area contributed by atoms with E-state index in [0.717, 1.165) is 12.1 Å². The van der Waals surface area contributed by atoms with Crippen LogP contribution in [0.3, 0.4) is 0 Å². The Morgan fingerprint density at radius 3 is 1.70 bits per heavy atom. The molecule has 0 saturated heterocycles. The number of nitrogens with one attached hydrogen (secondary N) is 1. The first kappa shape index (κ1) is 22.1. The van der Waals surface area contributed by atoms with E-state index in [4.69, 9.17) is 0 Å². The summed E-state index contributed by atoms with van der Waals surface area (Å²) in [5.41, 5.74) is -6.03. The zero-order chi connectivity index (χ0) is 18.5. The second-order valence-electron chi connectivity index (χ2n) is 3.41. The highest BCUT2D eigenvalue weighted by molar-refractivity contribution is 8.17. The summed E-state index contributed by atoms with van der Waals surface area (Å²) in [5.74, 6) is 0. The molecule has 0 aliphatic carbocycles. The van der Waals surface area contributed by atoms with Crippen LogP contribution in [-0.2, 0) is 20.0 Å². The maximum Gasteiger partial charge on any atom is 0.512 e. The lowest BCUT2D eigenvalue weighted by atomic mass is 10.4. The maximum atomic E-state index is 13.5. The fourth-order valence-corrected chi connectivity index (χ4v) is 4.44. The van der Waals surface area contributed by atoms with Gasteiger partial charge in [-0.3, -0.25) is 0 Å². The van der Waals surface area contributed by atoms with Crippen LogP contribution in [0.5, 0.6) is 0 Å². The Bertz CT molecular complexity index is 702. The number of hydrogen-bond acceptors (Lipinski definition) is 5. The summed E-state index contributed by atoms with van der Waals surface area (Å²) >= 11 is -0.611. The summed E-state index contributed by atoms with van der Waals surface area (Å²) in [5, 5.41) is 0. The van der Waals surface area contributed by atoms with Crippen LogP contribution in [0.2, 0.25) is 0 Å². The molecule has 0 radical (unpaired) electrons. The van der Waals surface area contributed by atoms with Crippen molar-refractivity contribution in [3.8, 4) is 0 Å². The van der Waals surface area contributed by atoms with Crippen LogP contribution in [0.15, 0.2) is 35.2 Å². The van der Waals surface area contributed by atoms with Crippen LogP contribution in [0.1, 0.15) is 13.8 Å². The molecule has 23 heavy (non-hydrogen) atoms. The van der Waals surface area contributed by atoms with Gasteiger partial charge >= 0.3 is 30.1 Å². The molecule has 1 N–H and O–H groups in total. The van der Waals surface area contributed by atoms with Crippen LogP contribution in [0.4, 0.5) is 22.0 Å². The van der Waals surface area contributed by atoms with Crippen molar-refractivity contribution in [3.05, 3.63) is 30.3 Å². The number of alkyl halides is 5. The number of benzene rings is 1. The minimum Gasteiger partial charge on any atom is -0.204 e. The summed E-state index contributed by atoms with van der Waals surface area (Å²) in [6.45, 7) is 4.00. The maximum absolute atomic E-state index is 13.5. The average Bonchev–Trinajstić information content (AvgIpc) is 2.39. The normalized spacial score (nSPS) is 13.2. The van der Waals surface area contributed by atoms with E-state index < -0.39 is 41.9 Å². The van der Waals surface area contributed by atoms with Gasteiger partial charge in [-0.25, -0.2) is 16.8 Å². The summed E-state index contributed by atoms with van der Waals surface area (Å²) in [4.78, 5) is -0.280. The van der Waals surface area contributed by atoms with E-state index in [0.29, 0.717) is 0 Å². The van der Waals surface area contributed by atoms with Crippen molar-refractivity contribution < 1.29 is 38.8 Å². The fourth-order valence-electron chi connectivity index (χ4n) is 0.921. The van der Waals surface area contributed by atoms with E-state index in [1.807, 2.05) is 13.8 Å². The van der Waals surface area contributed by atoms with Crippen molar-refractivity contribution in [2.24, 2.45) is 0 Å². The molecule has 13 heteroatoms. The third kappa shape index (κ3) is 5.90. The Morgan fingerprint density at radius 1 is 0.870 bits per heavy atom. The SMILES string of the molecule is CC.O=S(=O)(NS(=O)(=O)C(F)(F)Sc1ccccc1)C(F)(F)F. The summed E-state index contributed by atoms with van der Waals surface area (Å²) in [7, 11) is -12.6. The predicted octanol–water partition coefficient (Wildman–Crippen LogP) is 3.12. The number of halogens is 5. The number of sulfonamides is 2. The smallest absolute Gasteiger partial charge is 0.204 e. The molecule has 0 aliphatic rings. The van der Waals surface area contributed by atoms with Crippen molar-refractivity contribution >= 4 is 31.8 Å². The Kier molecular flexibility index (Phi) is 7.46. The minimum absolute atomic E-state index is 0.0183.